The fourth-order valence-electron chi connectivity index (χ4n) is 1.90. The molecule has 98 valence electrons. The van der Waals surface area contributed by atoms with Gasteiger partial charge in [-0.25, -0.2) is 4.98 Å². The number of hydrogen-bond acceptors (Lipinski definition) is 4. The smallest absolute Gasteiger partial charge is 0.251 e. The third-order valence-electron chi connectivity index (χ3n) is 2.91. The zero-order valence-corrected chi connectivity index (χ0v) is 11.0. The van der Waals surface area contributed by atoms with Crippen molar-refractivity contribution in [2.75, 3.05) is 25.0 Å². The van der Waals surface area contributed by atoms with Crippen LogP contribution in [-0.2, 0) is 9.53 Å². The van der Waals surface area contributed by atoms with Crippen LogP contribution in [0.15, 0.2) is 12.1 Å². The van der Waals surface area contributed by atoms with Crippen molar-refractivity contribution in [3.63, 3.8) is 0 Å². The highest BCUT2D eigenvalue weighted by Gasteiger charge is 2.32. The van der Waals surface area contributed by atoms with Crippen LogP contribution in [0.2, 0.25) is 0 Å². The number of carbonyl (C=O) groups is 1. The monoisotopic (exact) mass is 249 g/mol. The highest BCUT2D eigenvalue weighted by molar-refractivity contribution is 5.90. The van der Waals surface area contributed by atoms with Crippen LogP contribution in [0.3, 0.4) is 0 Å². The normalized spacial score (nSPS) is 17.1. The van der Waals surface area contributed by atoms with Crippen LogP contribution in [0.4, 0.5) is 5.82 Å². The Balaban J connectivity index is 1.86. The molecule has 0 bridgehead atoms. The average molecular weight is 249 g/mol. The van der Waals surface area contributed by atoms with E-state index in [4.69, 9.17) is 4.74 Å². The standard InChI is InChI=1S/C13H19N3O2/c1-9-4-10(2)15-11(5-9)16-12(17)6-18-13(3)7-14-8-13/h4-5,14H,6-8H2,1-3H3,(H,15,16,17). The second kappa shape index (κ2) is 5.04. The SMILES string of the molecule is Cc1cc(C)nc(NC(=O)COC2(C)CNC2)c1. The van der Waals surface area contributed by atoms with Gasteiger partial charge in [-0.3, -0.25) is 4.79 Å². The summed E-state index contributed by atoms with van der Waals surface area (Å²) >= 11 is 0. The molecule has 0 saturated carbocycles. The van der Waals surface area contributed by atoms with Crippen LogP contribution >= 0.6 is 0 Å². The number of pyridine rings is 1. The van der Waals surface area contributed by atoms with Gasteiger partial charge in [0, 0.05) is 18.8 Å². The van der Waals surface area contributed by atoms with Gasteiger partial charge in [0.05, 0.1) is 5.60 Å². The second-order valence-corrected chi connectivity index (χ2v) is 5.06. The van der Waals surface area contributed by atoms with E-state index in [1.807, 2.05) is 32.9 Å². The molecule has 1 aliphatic heterocycles. The summed E-state index contributed by atoms with van der Waals surface area (Å²) in [4.78, 5) is 16.0. The molecule has 0 aliphatic carbocycles. The Morgan fingerprint density at radius 2 is 2.22 bits per heavy atom. The Labute approximate surface area is 107 Å². The van der Waals surface area contributed by atoms with E-state index < -0.39 is 0 Å². The minimum atomic E-state index is -0.201. The summed E-state index contributed by atoms with van der Waals surface area (Å²) in [7, 11) is 0. The lowest BCUT2D eigenvalue weighted by molar-refractivity contribution is -0.130. The Kier molecular flexibility index (Phi) is 3.63. The number of aromatic nitrogens is 1. The highest BCUT2D eigenvalue weighted by Crippen LogP contribution is 2.15. The van der Waals surface area contributed by atoms with Gasteiger partial charge in [-0.05, 0) is 38.5 Å². The molecule has 0 aromatic carbocycles. The number of amides is 1. The predicted octanol–water partition coefficient (Wildman–Crippen LogP) is 1.02. The van der Waals surface area contributed by atoms with Crippen LogP contribution in [0.25, 0.3) is 0 Å². The summed E-state index contributed by atoms with van der Waals surface area (Å²) in [5.74, 6) is 0.415. The number of hydrogen-bond donors (Lipinski definition) is 2. The Morgan fingerprint density at radius 1 is 1.50 bits per heavy atom. The van der Waals surface area contributed by atoms with Crippen molar-refractivity contribution in [1.29, 1.82) is 0 Å². The fourth-order valence-corrected chi connectivity index (χ4v) is 1.90. The maximum atomic E-state index is 11.7. The molecule has 2 rings (SSSR count). The van der Waals surface area contributed by atoms with Crippen molar-refractivity contribution in [2.45, 2.75) is 26.4 Å². The molecule has 1 aliphatic rings. The van der Waals surface area contributed by atoms with Gasteiger partial charge in [-0.15, -0.1) is 0 Å². The van der Waals surface area contributed by atoms with Gasteiger partial charge in [-0.1, -0.05) is 0 Å². The summed E-state index contributed by atoms with van der Waals surface area (Å²) in [5.41, 5.74) is 1.77. The van der Waals surface area contributed by atoms with Gasteiger partial charge in [0.1, 0.15) is 12.4 Å². The first-order valence-electron chi connectivity index (χ1n) is 6.07. The maximum Gasteiger partial charge on any atom is 0.251 e. The first kappa shape index (κ1) is 13.0. The molecule has 18 heavy (non-hydrogen) atoms. The molecule has 5 nitrogen and oxygen atoms in total. The minimum absolute atomic E-state index is 0.0624. The topological polar surface area (TPSA) is 63.2 Å². The zero-order valence-electron chi connectivity index (χ0n) is 11.0. The number of aryl methyl sites for hydroxylation is 2. The van der Waals surface area contributed by atoms with E-state index in [0.29, 0.717) is 5.82 Å². The van der Waals surface area contributed by atoms with E-state index >= 15 is 0 Å². The van der Waals surface area contributed by atoms with Gasteiger partial charge in [0.2, 0.25) is 0 Å². The van der Waals surface area contributed by atoms with Gasteiger partial charge < -0.3 is 15.4 Å². The van der Waals surface area contributed by atoms with Crippen molar-refractivity contribution in [1.82, 2.24) is 10.3 Å². The van der Waals surface area contributed by atoms with Crippen LogP contribution in [0.5, 0.6) is 0 Å². The van der Waals surface area contributed by atoms with Crippen molar-refractivity contribution >= 4 is 11.7 Å². The largest absolute Gasteiger partial charge is 0.363 e. The molecule has 0 atom stereocenters. The molecule has 5 heteroatoms. The molecule has 1 amide bonds. The van der Waals surface area contributed by atoms with Crippen molar-refractivity contribution in [2.24, 2.45) is 0 Å². The van der Waals surface area contributed by atoms with E-state index in [0.717, 1.165) is 24.3 Å². The first-order valence-corrected chi connectivity index (χ1v) is 6.07. The lowest BCUT2D eigenvalue weighted by atomic mass is 10.0. The van der Waals surface area contributed by atoms with E-state index in [2.05, 4.69) is 15.6 Å². The molecular weight excluding hydrogens is 230 g/mol. The van der Waals surface area contributed by atoms with Crippen LogP contribution in [0, 0.1) is 13.8 Å². The summed E-state index contributed by atoms with van der Waals surface area (Å²) in [6, 6.07) is 3.81. The molecular formula is C13H19N3O2. The minimum Gasteiger partial charge on any atom is -0.363 e. The Morgan fingerprint density at radius 3 is 2.78 bits per heavy atom. The molecule has 2 heterocycles. The van der Waals surface area contributed by atoms with E-state index in [9.17, 15) is 4.79 Å². The Bertz CT molecular complexity index is 435. The number of ether oxygens (including phenoxy) is 1. The van der Waals surface area contributed by atoms with Gasteiger partial charge in [0.15, 0.2) is 0 Å². The molecule has 1 aromatic heterocycles. The number of nitrogens with zero attached hydrogens (tertiary/aromatic N) is 1. The maximum absolute atomic E-state index is 11.7. The molecule has 1 fully saturated rings. The van der Waals surface area contributed by atoms with E-state index in [-0.39, 0.29) is 18.1 Å². The lowest BCUT2D eigenvalue weighted by Crippen LogP contribution is -2.59. The van der Waals surface area contributed by atoms with E-state index in [1.165, 1.54) is 0 Å². The summed E-state index contributed by atoms with van der Waals surface area (Å²) < 4.78 is 5.56. The second-order valence-electron chi connectivity index (χ2n) is 5.06. The first-order chi connectivity index (χ1) is 8.47. The summed E-state index contributed by atoms with van der Waals surface area (Å²) in [5, 5.41) is 5.87. The summed E-state index contributed by atoms with van der Waals surface area (Å²) in [6.45, 7) is 7.52. The molecule has 1 aromatic rings. The van der Waals surface area contributed by atoms with Gasteiger partial charge in [-0.2, -0.15) is 0 Å². The number of carbonyl (C=O) groups excluding carboxylic acids is 1. The molecule has 0 unspecified atom stereocenters. The summed E-state index contributed by atoms with van der Waals surface area (Å²) in [6.07, 6.45) is 0. The van der Waals surface area contributed by atoms with Gasteiger partial charge in [0.25, 0.3) is 5.91 Å². The zero-order chi connectivity index (χ0) is 13.2. The van der Waals surface area contributed by atoms with Crippen molar-refractivity contribution < 1.29 is 9.53 Å². The molecule has 1 saturated heterocycles. The molecule has 0 radical (unpaired) electrons. The lowest BCUT2D eigenvalue weighted by Gasteiger charge is -2.38. The molecule has 2 N–H and O–H groups in total. The third kappa shape index (κ3) is 3.27. The Hall–Kier alpha value is -1.46. The quantitative estimate of drug-likeness (QED) is 0.836. The number of anilines is 1. The average Bonchev–Trinajstić information content (AvgIpc) is 2.22. The van der Waals surface area contributed by atoms with E-state index in [1.54, 1.807) is 0 Å². The predicted molar refractivity (Wildman–Crippen MR) is 69.6 cm³/mol. The fraction of sp³-hybridized carbons (Fsp3) is 0.538. The van der Waals surface area contributed by atoms with Crippen molar-refractivity contribution in [3.8, 4) is 0 Å². The third-order valence-corrected chi connectivity index (χ3v) is 2.91. The van der Waals surface area contributed by atoms with Crippen LogP contribution < -0.4 is 10.6 Å². The number of nitrogens with one attached hydrogen (secondary N) is 2. The van der Waals surface area contributed by atoms with Crippen molar-refractivity contribution in [3.05, 3.63) is 23.4 Å². The van der Waals surface area contributed by atoms with Crippen LogP contribution in [0.1, 0.15) is 18.2 Å². The highest BCUT2D eigenvalue weighted by atomic mass is 16.5. The van der Waals surface area contributed by atoms with Crippen LogP contribution in [-0.4, -0.2) is 36.2 Å². The van der Waals surface area contributed by atoms with Gasteiger partial charge >= 0.3 is 0 Å². The number of rotatable bonds is 4. The molecule has 0 spiro atoms.